The zero-order valence-corrected chi connectivity index (χ0v) is 23.5. The number of hydrogen-bond donors (Lipinski definition) is 1. The van der Waals surface area contributed by atoms with E-state index in [1.807, 2.05) is 50.2 Å². The third kappa shape index (κ3) is 5.09. The molecule has 4 aromatic rings. The van der Waals surface area contributed by atoms with E-state index >= 15 is 0 Å². The van der Waals surface area contributed by atoms with E-state index in [2.05, 4.69) is 10.2 Å². The highest BCUT2D eigenvalue weighted by Crippen LogP contribution is 2.44. The van der Waals surface area contributed by atoms with Gasteiger partial charge in [-0.2, -0.15) is 0 Å². The number of benzene rings is 3. The number of rotatable bonds is 6. The molecule has 6 nitrogen and oxygen atoms in total. The molecule has 1 fully saturated rings. The van der Waals surface area contributed by atoms with Crippen LogP contribution >= 0.6 is 46.3 Å². The molecule has 1 unspecified atom stereocenters. The largest absolute Gasteiger partial charge is 0.507 e. The van der Waals surface area contributed by atoms with Gasteiger partial charge in [-0.05, 0) is 54.8 Å². The molecule has 1 aliphatic heterocycles. The molecule has 10 heteroatoms. The van der Waals surface area contributed by atoms with Gasteiger partial charge >= 0.3 is 5.91 Å². The molecular weight excluding hydrogens is 561 g/mol. The Bertz CT molecular complexity index is 1600. The Balaban J connectivity index is 1.58. The van der Waals surface area contributed by atoms with Crippen molar-refractivity contribution in [3.63, 3.8) is 0 Å². The van der Waals surface area contributed by atoms with Gasteiger partial charge in [0.15, 0.2) is 4.34 Å². The van der Waals surface area contributed by atoms with Crippen molar-refractivity contribution < 1.29 is 14.7 Å². The number of carbonyl (C=O) groups excluding carboxylic acids is 2. The number of aliphatic hydroxyl groups excluding tert-OH is 1. The van der Waals surface area contributed by atoms with E-state index < -0.39 is 17.7 Å². The summed E-state index contributed by atoms with van der Waals surface area (Å²) in [5.41, 5.74) is 3.68. The number of aromatic nitrogens is 2. The van der Waals surface area contributed by atoms with Gasteiger partial charge in [0.05, 0.1) is 11.6 Å². The standard InChI is InChI=1S/C28H21Cl2N3O3S2/c1-15-10-11-16(2)20(12-15)24(34)22-23(17-7-5-8-19(29)13-17)33(26(36)25(22)35)27-31-32-28(38-27)37-14-18-6-3-4-9-21(18)30/h3-13,23,34H,14H2,1-2H3. The number of amides is 1. The summed E-state index contributed by atoms with van der Waals surface area (Å²) in [4.78, 5) is 28.1. The molecule has 38 heavy (non-hydrogen) atoms. The Kier molecular flexibility index (Phi) is 7.59. The Hall–Kier alpha value is -3.17. The highest BCUT2D eigenvalue weighted by atomic mass is 35.5. The number of nitrogens with zero attached hydrogens (tertiary/aromatic N) is 3. The number of halogens is 2. The summed E-state index contributed by atoms with van der Waals surface area (Å²) >= 11 is 15.2. The molecule has 2 heterocycles. The molecule has 1 aliphatic rings. The van der Waals surface area contributed by atoms with Gasteiger partial charge in [-0.1, -0.05) is 94.3 Å². The number of aryl methyl sites for hydroxylation is 2. The van der Waals surface area contributed by atoms with Crippen molar-refractivity contribution in [1.82, 2.24) is 10.2 Å². The monoisotopic (exact) mass is 581 g/mol. The SMILES string of the molecule is Cc1ccc(C)c(C(O)=C2C(=O)C(=O)N(c3nnc(SCc4ccccc4Cl)s3)C2c2cccc(Cl)c2)c1. The molecule has 1 atom stereocenters. The van der Waals surface area contributed by atoms with Crippen molar-refractivity contribution in [3.8, 4) is 0 Å². The van der Waals surface area contributed by atoms with Crippen LogP contribution in [0.4, 0.5) is 5.13 Å². The molecule has 1 N–H and O–H groups in total. The fourth-order valence-electron chi connectivity index (χ4n) is 4.27. The minimum absolute atomic E-state index is 0.0218. The quantitative estimate of drug-likeness (QED) is 0.0840. The van der Waals surface area contributed by atoms with Gasteiger partial charge in [0.1, 0.15) is 5.76 Å². The molecule has 3 aromatic carbocycles. The van der Waals surface area contributed by atoms with E-state index in [1.54, 1.807) is 30.3 Å². The number of anilines is 1. The third-order valence-corrected chi connectivity index (χ3v) is 8.88. The van der Waals surface area contributed by atoms with Crippen LogP contribution < -0.4 is 4.90 Å². The summed E-state index contributed by atoms with van der Waals surface area (Å²) in [6.07, 6.45) is 0. The van der Waals surface area contributed by atoms with Crippen molar-refractivity contribution in [2.24, 2.45) is 0 Å². The number of carbonyl (C=O) groups is 2. The minimum Gasteiger partial charge on any atom is -0.507 e. The maximum atomic E-state index is 13.4. The van der Waals surface area contributed by atoms with E-state index in [0.717, 1.165) is 16.7 Å². The average molecular weight is 583 g/mol. The van der Waals surface area contributed by atoms with Crippen molar-refractivity contribution in [1.29, 1.82) is 0 Å². The molecule has 0 saturated carbocycles. The zero-order valence-electron chi connectivity index (χ0n) is 20.3. The predicted octanol–water partition coefficient (Wildman–Crippen LogP) is 7.38. The van der Waals surface area contributed by atoms with Gasteiger partial charge in [-0.25, -0.2) is 0 Å². The van der Waals surface area contributed by atoms with Crippen LogP contribution in [-0.4, -0.2) is 27.0 Å². The first-order valence-electron chi connectivity index (χ1n) is 11.6. The van der Waals surface area contributed by atoms with Crippen LogP contribution in [0, 0.1) is 13.8 Å². The van der Waals surface area contributed by atoms with Crippen molar-refractivity contribution in [3.05, 3.63) is 110 Å². The minimum atomic E-state index is -0.928. The Morgan fingerprint density at radius 1 is 1.03 bits per heavy atom. The molecule has 1 saturated heterocycles. The zero-order chi connectivity index (χ0) is 27.0. The molecule has 0 aliphatic carbocycles. The number of ketones is 1. The molecule has 0 bridgehead atoms. The molecular formula is C28H21Cl2N3O3S2. The second-order valence-electron chi connectivity index (χ2n) is 8.77. The Morgan fingerprint density at radius 3 is 2.58 bits per heavy atom. The predicted molar refractivity (Wildman–Crippen MR) is 153 cm³/mol. The van der Waals surface area contributed by atoms with E-state index in [4.69, 9.17) is 23.2 Å². The molecule has 1 aromatic heterocycles. The second kappa shape index (κ2) is 10.9. The van der Waals surface area contributed by atoms with Crippen LogP contribution in [0.3, 0.4) is 0 Å². The van der Waals surface area contributed by atoms with Gasteiger partial charge in [0, 0.05) is 21.4 Å². The maximum Gasteiger partial charge on any atom is 0.301 e. The average Bonchev–Trinajstić information content (AvgIpc) is 3.46. The lowest BCUT2D eigenvalue weighted by molar-refractivity contribution is -0.132. The van der Waals surface area contributed by atoms with Crippen LogP contribution in [0.1, 0.15) is 33.9 Å². The topological polar surface area (TPSA) is 83.4 Å². The van der Waals surface area contributed by atoms with Crippen LogP contribution in [-0.2, 0) is 15.3 Å². The number of hydrogen-bond acceptors (Lipinski definition) is 7. The molecule has 0 radical (unpaired) electrons. The fraction of sp³-hybridized carbons (Fsp3) is 0.143. The second-order valence-corrected chi connectivity index (χ2v) is 11.8. The normalized spacial score (nSPS) is 16.8. The molecule has 192 valence electrons. The van der Waals surface area contributed by atoms with E-state index in [0.29, 0.717) is 31.3 Å². The highest BCUT2D eigenvalue weighted by molar-refractivity contribution is 8.00. The maximum absolute atomic E-state index is 13.4. The summed E-state index contributed by atoms with van der Waals surface area (Å²) in [7, 11) is 0. The Labute approximate surface area is 237 Å². The van der Waals surface area contributed by atoms with Gasteiger partial charge < -0.3 is 5.11 Å². The lowest BCUT2D eigenvalue weighted by Crippen LogP contribution is -2.29. The third-order valence-electron chi connectivity index (χ3n) is 6.17. The van der Waals surface area contributed by atoms with E-state index in [9.17, 15) is 14.7 Å². The molecule has 0 spiro atoms. The van der Waals surface area contributed by atoms with Crippen LogP contribution in [0.2, 0.25) is 10.0 Å². The first kappa shape index (κ1) is 26.4. The lowest BCUT2D eigenvalue weighted by atomic mass is 9.93. The fourth-order valence-corrected chi connectivity index (χ4v) is 6.62. The first-order valence-corrected chi connectivity index (χ1v) is 14.1. The van der Waals surface area contributed by atoms with Crippen LogP contribution in [0.5, 0.6) is 0 Å². The summed E-state index contributed by atoms with van der Waals surface area (Å²) in [5.74, 6) is -1.26. The van der Waals surface area contributed by atoms with E-state index in [1.165, 1.54) is 28.0 Å². The first-order chi connectivity index (χ1) is 18.2. The van der Waals surface area contributed by atoms with Gasteiger partial charge in [0.25, 0.3) is 5.78 Å². The molecule has 1 amide bonds. The van der Waals surface area contributed by atoms with Gasteiger partial charge in [0.2, 0.25) is 5.13 Å². The summed E-state index contributed by atoms with van der Waals surface area (Å²) in [5, 5.41) is 21.2. The van der Waals surface area contributed by atoms with Crippen molar-refractivity contribution in [2.45, 2.75) is 30.0 Å². The van der Waals surface area contributed by atoms with Crippen molar-refractivity contribution in [2.75, 3.05) is 4.90 Å². The number of aliphatic hydroxyl groups is 1. The summed E-state index contributed by atoms with van der Waals surface area (Å²) < 4.78 is 0.612. The summed E-state index contributed by atoms with van der Waals surface area (Å²) in [6.45, 7) is 3.73. The lowest BCUT2D eigenvalue weighted by Gasteiger charge is -2.23. The van der Waals surface area contributed by atoms with Crippen LogP contribution in [0.15, 0.2) is 76.6 Å². The van der Waals surface area contributed by atoms with Crippen molar-refractivity contribution >= 4 is 68.9 Å². The van der Waals surface area contributed by atoms with Gasteiger partial charge in [-0.3, -0.25) is 14.5 Å². The van der Waals surface area contributed by atoms with Gasteiger partial charge in [-0.15, -0.1) is 10.2 Å². The molecule has 5 rings (SSSR count). The van der Waals surface area contributed by atoms with E-state index in [-0.39, 0.29) is 16.5 Å². The number of thioether (sulfide) groups is 1. The Morgan fingerprint density at radius 2 is 1.82 bits per heavy atom. The van der Waals surface area contributed by atoms with Crippen LogP contribution in [0.25, 0.3) is 5.76 Å². The summed E-state index contributed by atoms with van der Waals surface area (Å²) in [6, 6.07) is 19.1. The number of Topliss-reactive ketones (excluding diaryl/α,β-unsaturated/α-hetero) is 1. The highest BCUT2D eigenvalue weighted by Gasteiger charge is 2.48. The smallest absolute Gasteiger partial charge is 0.301 e.